The minimum atomic E-state index is 0.224. The van der Waals surface area contributed by atoms with Gasteiger partial charge in [0, 0.05) is 5.54 Å². The molecule has 1 atom stereocenters. The molecule has 0 aliphatic heterocycles. The van der Waals surface area contributed by atoms with Gasteiger partial charge < -0.3 is 5.32 Å². The lowest BCUT2D eigenvalue weighted by atomic mass is 9.94. The van der Waals surface area contributed by atoms with E-state index in [0.717, 1.165) is 6.54 Å². The van der Waals surface area contributed by atoms with Crippen LogP contribution in [0.3, 0.4) is 0 Å². The minimum absolute atomic E-state index is 0.224. The second-order valence-electron chi connectivity index (χ2n) is 6.29. The molecule has 1 heteroatoms. The summed E-state index contributed by atoms with van der Waals surface area (Å²) in [5, 5.41) is 3.55. The van der Waals surface area contributed by atoms with Crippen molar-refractivity contribution >= 4 is 0 Å². The zero-order valence-corrected chi connectivity index (χ0v) is 12.2. The first-order chi connectivity index (χ1) is 7.78. The number of aryl methyl sites for hydroxylation is 2. The van der Waals surface area contributed by atoms with Gasteiger partial charge in [0.1, 0.15) is 0 Å². The van der Waals surface area contributed by atoms with Gasteiger partial charge in [-0.1, -0.05) is 36.2 Å². The summed E-state index contributed by atoms with van der Waals surface area (Å²) in [6.07, 6.45) is 1.19. The highest BCUT2D eigenvalue weighted by Gasteiger charge is 2.11. The molecule has 0 aliphatic rings. The van der Waals surface area contributed by atoms with Gasteiger partial charge in [-0.15, -0.1) is 0 Å². The first-order valence-electron chi connectivity index (χ1n) is 6.61. The molecule has 1 nitrogen and oxygen atoms in total. The van der Waals surface area contributed by atoms with Crippen LogP contribution in [-0.2, 0) is 0 Å². The molecule has 0 heterocycles. The maximum Gasteiger partial charge on any atom is 0.00965 e. The third kappa shape index (κ3) is 5.36. The molecule has 0 aliphatic carbocycles. The number of hydrogen-bond acceptors (Lipinski definition) is 1. The third-order valence-electron chi connectivity index (χ3n) is 3.05. The first-order valence-corrected chi connectivity index (χ1v) is 6.61. The van der Waals surface area contributed by atoms with Crippen molar-refractivity contribution in [2.45, 2.75) is 59.4 Å². The van der Waals surface area contributed by atoms with Crippen molar-refractivity contribution in [2.75, 3.05) is 6.54 Å². The lowest BCUT2D eigenvalue weighted by Gasteiger charge is -2.22. The van der Waals surface area contributed by atoms with E-state index >= 15 is 0 Å². The fourth-order valence-corrected chi connectivity index (χ4v) is 2.12. The number of nitrogens with one attached hydrogen (secondary N) is 1. The Morgan fingerprint density at radius 3 is 2.06 bits per heavy atom. The topological polar surface area (TPSA) is 12.0 Å². The Balaban J connectivity index is 2.55. The molecule has 1 aromatic rings. The van der Waals surface area contributed by atoms with Gasteiger partial charge in [-0.3, -0.25) is 0 Å². The summed E-state index contributed by atoms with van der Waals surface area (Å²) < 4.78 is 0. The lowest BCUT2D eigenvalue weighted by Crippen LogP contribution is -2.36. The van der Waals surface area contributed by atoms with Crippen molar-refractivity contribution in [2.24, 2.45) is 0 Å². The molecule has 1 rings (SSSR count). The molecule has 0 amide bonds. The standard InChI is InChI=1S/C16H27N/c1-12-9-13(2)11-15(10-12)14(3)7-8-17-16(4,5)6/h9-11,14,17H,7-8H2,1-6H3. The van der Waals surface area contributed by atoms with Crippen LogP contribution in [0, 0.1) is 13.8 Å². The summed E-state index contributed by atoms with van der Waals surface area (Å²) in [6, 6.07) is 6.87. The average Bonchev–Trinajstić information content (AvgIpc) is 2.13. The summed E-state index contributed by atoms with van der Waals surface area (Å²) in [5.41, 5.74) is 4.44. The van der Waals surface area contributed by atoms with Crippen LogP contribution in [-0.4, -0.2) is 12.1 Å². The smallest absolute Gasteiger partial charge is 0.00965 e. The highest BCUT2D eigenvalue weighted by Crippen LogP contribution is 2.21. The molecule has 1 aromatic carbocycles. The fourth-order valence-electron chi connectivity index (χ4n) is 2.12. The molecule has 0 bridgehead atoms. The Labute approximate surface area is 107 Å². The molecule has 0 spiro atoms. The van der Waals surface area contributed by atoms with Crippen LogP contribution < -0.4 is 5.32 Å². The minimum Gasteiger partial charge on any atom is -0.312 e. The zero-order chi connectivity index (χ0) is 13.1. The number of rotatable bonds is 4. The second kappa shape index (κ2) is 5.68. The lowest BCUT2D eigenvalue weighted by molar-refractivity contribution is 0.413. The molecule has 0 saturated carbocycles. The highest BCUT2D eigenvalue weighted by molar-refractivity contribution is 5.30. The summed E-state index contributed by atoms with van der Waals surface area (Å²) >= 11 is 0. The van der Waals surface area contributed by atoms with Crippen molar-refractivity contribution in [3.8, 4) is 0 Å². The van der Waals surface area contributed by atoms with E-state index in [1.165, 1.54) is 23.1 Å². The van der Waals surface area contributed by atoms with E-state index in [1.54, 1.807) is 0 Å². The SMILES string of the molecule is Cc1cc(C)cc(C(C)CCNC(C)(C)C)c1. The van der Waals surface area contributed by atoms with Gasteiger partial charge in [0.15, 0.2) is 0 Å². The number of benzene rings is 1. The predicted octanol–water partition coefficient (Wildman–Crippen LogP) is 4.19. The molecule has 0 saturated heterocycles. The van der Waals surface area contributed by atoms with Gasteiger partial charge in [0.25, 0.3) is 0 Å². The van der Waals surface area contributed by atoms with Crippen molar-refractivity contribution in [3.05, 3.63) is 34.9 Å². The Kier molecular flexibility index (Phi) is 4.76. The Morgan fingerprint density at radius 2 is 1.59 bits per heavy atom. The molecule has 0 fully saturated rings. The molecular weight excluding hydrogens is 206 g/mol. The second-order valence-corrected chi connectivity index (χ2v) is 6.29. The summed E-state index contributed by atoms with van der Waals surface area (Å²) in [6.45, 7) is 14.4. The molecule has 96 valence electrons. The molecule has 17 heavy (non-hydrogen) atoms. The van der Waals surface area contributed by atoms with Crippen LogP contribution in [0.5, 0.6) is 0 Å². The van der Waals surface area contributed by atoms with Gasteiger partial charge in [-0.2, -0.15) is 0 Å². The van der Waals surface area contributed by atoms with Gasteiger partial charge in [0.2, 0.25) is 0 Å². The molecule has 1 N–H and O–H groups in total. The van der Waals surface area contributed by atoms with E-state index in [2.05, 4.69) is 65.1 Å². The molecule has 0 aromatic heterocycles. The van der Waals surface area contributed by atoms with Crippen LogP contribution in [0.15, 0.2) is 18.2 Å². The Bertz CT molecular complexity index is 340. The molecule has 0 radical (unpaired) electrons. The van der Waals surface area contributed by atoms with Gasteiger partial charge in [-0.05, 0) is 59.1 Å². The van der Waals surface area contributed by atoms with Crippen LogP contribution in [0.25, 0.3) is 0 Å². The maximum atomic E-state index is 3.55. The normalized spacial score (nSPS) is 13.8. The van der Waals surface area contributed by atoms with Gasteiger partial charge in [-0.25, -0.2) is 0 Å². The summed E-state index contributed by atoms with van der Waals surface area (Å²) in [7, 11) is 0. The molecule has 1 unspecified atom stereocenters. The predicted molar refractivity (Wildman–Crippen MR) is 76.7 cm³/mol. The van der Waals surface area contributed by atoms with E-state index in [9.17, 15) is 0 Å². The van der Waals surface area contributed by atoms with Crippen molar-refractivity contribution in [1.82, 2.24) is 5.32 Å². The summed E-state index contributed by atoms with van der Waals surface area (Å²) in [4.78, 5) is 0. The monoisotopic (exact) mass is 233 g/mol. The van der Waals surface area contributed by atoms with Crippen LogP contribution >= 0.6 is 0 Å². The van der Waals surface area contributed by atoms with E-state index in [1.807, 2.05) is 0 Å². The highest BCUT2D eigenvalue weighted by atomic mass is 14.9. The van der Waals surface area contributed by atoms with Crippen molar-refractivity contribution < 1.29 is 0 Å². The quantitative estimate of drug-likeness (QED) is 0.822. The zero-order valence-electron chi connectivity index (χ0n) is 12.2. The van der Waals surface area contributed by atoms with E-state index in [0.29, 0.717) is 5.92 Å². The van der Waals surface area contributed by atoms with E-state index in [4.69, 9.17) is 0 Å². The average molecular weight is 233 g/mol. The number of hydrogen-bond donors (Lipinski definition) is 1. The van der Waals surface area contributed by atoms with Crippen molar-refractivity contribution in [1.29, 1.82) is 0 Å². The van der Waals surface area contributed by atoms with Gasteiger partial charge in [0.05, 0.1) is 0 Å². The van der Waals surface area contributed by atoms with Crippen LogP contribution in [0.4, 0.5) is 0 Å². The maximum absolute atomic E-state index is 3.55. The van der Waals surface area contributed by atoms with E-state index < -0.39 is 0 Å². The van der Waals surface area contributed by atoms with Gasteiger partial charge >= 0.3 is 0 Å². The van der Waals surface area contributed by atoms with Crippen LogP contribution in [0.2, 0.25) is 0 Å². The first kappa shape index (κ1) is 14.2. The molecular formula is C16H27N. The summed E-state index contributed by atoms with van der Waals surface area (Å²) in [5.74, 6) is 0.628. The fraction of sp³-hybridized carbons (Fsp3) is 0.625. The van der Waals surface area contributed by atoms with Crippen LogP contribution in [0.1, 0.15) is 56.7 Å². The third-order valence-corrected chi connectivity index (χ3v) is 3.05. The Hall–Kier alpha value is -0.820. The Morgan fingerprint density at radius 1 is 1.06 bits per heavy atom. The van der Waals surface area contributed by atoms with Crippen molar-refractivity contribution in [3.63, 3.8) is 0 Å². The largest absolute Gasteiger partial charge is 0.312 e. The van der Waals surface area contributed by atoms with E-state index in [-0.39, 0.29) is 5.54 Å².